The molecule has 0 heterocycles. The van der Waals surface area contributed by atoms with Crippen molar-refractivity contribution in [3.05, 3.63) is 28.3 Å². The van der Waals surface area contributed by atoms with E-state index in [1.54, 1.807) is 13.1 Å². The van der Waals surface area contributed by atoms with E-state index in [0.29, 0.717) is 11.4 Å². The average molecular weight is 210 g/mol. The van der Waals surface area contributed by atoms with E-state index in [1.165, 1.54) is 12.1 Å². The summed E-state index contributed by atoms with van der Waals surface area (Å²) in [6.07, 6.45) is -0.00305. The van der Waals surface area contributed by atoms with Crippen molar-refractivity contribution in [1.29, 1.82) is 0 Å². The molecule has 0 atom stereocenters. The van der Waals surface area contributed by atoms with E-state index in [-0.39, 0.29) is 11.8 Å². The number of nitrogens with zero attached hydrogens (tertiary/aromatic N) is 1. The Hall–Kier alpha value is -1.78. The van der Waals surface area contributed by atoms with Crippen molar-refractivity contribution >= 4 is 11.4 Å². The van der Waals surface area contributed by atoms with Crippen LogP contribution < -0.4 is 10.1 Å². The van der Waals surface area contributed by atoms with Crippen molar-refractivity contribution in [2.24, 2.45) is 0 Å². The molecular weight excluding hydrogens is 196 g/mol. The quantitative estimate of drug-likeness (QED) is 0.612. The number of rotatable bonds is 4. The van der Waals surface area contributed by atoms with Crippen LogP contribution in [0.25, 0.3) is 0 Å². The topological polar surface area (TPSA) is 64.4 Å². The highest BCUT2D eigenvalue weighted by molar-refractivity contribution is 5.56. The van der Waals surface area contributed by atoms with Gasteiger partial charge in [-0.05, 0) is 13.8 Å². The summed E-state index contributed by atoms with van der Waals surface area (Å²) in [7, 11) is 1.71. The van der Waals surface area contributed by atoms with E-state index < -0.39 is 4.92 Å². The summed E-state index contributed by atoms with van der Waals surface area (Å²) >= 11 is 0. The Balaban J connectivity index is 3.05. The number of non-ortho nitro benzene ring substituents is 1. The van der Waals surface area contributed by atoms with Gasteiger partial charge >= 0.3 is 0 Å². The van der Waals surface area contributed by atoms with Crippen molar-refractivity contribution in [1.82, 2.24) is 0 Å². The molecule has 1 N–H and O–H groups in total. The van der Waals surface area contributed by atoms with Crippen LogP contribution in [0.3, 0.4) is 0 Å². The summed E-state index contributed by atoms with van der Waals surface area (Å²) in [5.41, 5.74) is 0.692. The molecule has 5 nitrogen and oxygen atoms in total. The summed E-state index contributed by atoms with van der Waals surface area (Å²) in [4.78, 5) is 10.2. The van der Waals surface area contributed by atoms with Crippen LogP contribution in [0.15, 0.2) is 18.2 Å². The molecule has 1 aromatic rings. The van der Waals surface area contributed by atoms with Gasteiger partial charge in [0.05, 0.1) is 17.1 Å². The Morgan fingerprint density at radius 3 is 2.53 bits per heavy atom. The predicted octanol–water partition coefficient (Wildman–Crippen LogP) is 2.42. The number of hydrogen-bond donors (Lipinski definition) is 1. The van der Waals surface area contributed by atoms with Gasteiger partial charge in [0.2, 0.25) is 0 Å². The van der Waals surface area contributed by atoms with Crippen molar-refractivity contribution in [3.8, 4) is 5.75 Å². The van der Waals surface area contributed by atoms with E-state index in [1.807, 2.05) is 13.8 Å². The van der Waals surface area contributed by atoms with Gasteiger partial charge in [-0.25, -0.2) is 0 Å². The van der Waals surface area contributed by atoms with E-state index >= 15 is 0 Å². The maximum atomic E-state index is 10.6. The van der Waals surface area contributed by atoms with Crippen LogP contribution >= 0.6 is 0 Å². The van der Waals surface area contributed by atoms with Crippen LogP contribution in [0.4, 0.5) is 11.4 Å². The van der Waals surface area contributed by atoms with Gasteiger partial charge in [-0.3, -0.25) is 10.1 Å². The molecule has 1 aromatic carbocycles. The highest BCUT2D eigenvalue weighted by atomic mass is 16.6. The first-order chi connectivity index (χ1) is 7.02. The smallest absolute Gasteiger partial charge is 0.275 e. The van der Waals surface area contributed by atoms with Crippen molar-refractivity contribution < 1.29 is 9.66 Å². The molecule has 0 radical (unpaired) electrons. The molecule has 0 saturated heterocycles. The third-order valence-corrected chi connectivity index (χ3v) is 1.76. The standard InChI is InChI=1S/C10H14N2O3/c1-7(2)15-10-5-8(11-3)4-9(6-10)12(13)14/h4-7,11H,1-3H3. The minimum absolute atomic E-state index is 0.00305. The second kappa shape index (κ2) is 4.63. The summed E-state index contributed by atoms with van der Waals surface area (Å²) in [6.45, 7) is 3.75. The molecular formula is C10H14N2O3. The molecule has 0 fully saturated rings. The Morgan fingerprint density at radius 2 is 2.07 bits per heavy atom. The van der Waals surface area contributed by atoms with Gasteiger partial charge in [0.15, 0.2) is 0 Å². The predicted molar refractivity (Wildman–Crippen MR) is 58.4 cm³/mol. The molecule has 0 bridgehead atoms. The normalized spacial score (nSPS) is 10.1. The Bertz CT molecular complexity index is 364. The summed E-state index contributed by atoms with van der Waals surface area (Å²) in [5, 5.41) is 13.5. The Labute approximate surface area is 88.2 Å². The lowest BCUT2D eigenvalue weighted by molar-refractivity contribution is -0.384. The lowest BCUT2D eigenvalue weighted by Gasteiger charge is -2.10. The summed E-state index contributed by atoms with van der Waals surface area (Å²) in [5.74, 6) is 0.503. The summed E-state index contributed by atoms with van der Waals surface area (Å²) < 4.78 is 5.40. The molecule has 0 aliphatic rings. The first-order valence-electron chi connectivity index (χ1n) is 4.67. The van der Waals surface area contributed by atoms with Gasteiger partial charge in [0.25, 0.3) is 5.69 Å². The number of nitrogens with one attached hydrogen (secondary N) is 1. The van der Waals surface area contributed by atoms with E-state index in [9.17, 15) is 10.1 Å². The first-order valence-corrected chi connectivity index (χ1v) is 4.67. The molecule has 0 aliphatic heterocycles. The largest absolute Gasteiger partial charge is 0.491 e. The second-order valence-corrected chi connectivity index (χ2v) is 3.39. The second-order valence-electron chi connectivity index (χ2n) is 3.39. The maximum absolute atomic E-state index is 10.6. The molecule has 0 saturated carbocycles. The van der Waals surface area contributed by atoms with Gasteiger partial charge in [0, 0.05) is 24.9 Å². The van der Waals surface area contributed by atoms with E-state index in [0.717, 1.165) is 0 Å². The van der Waals surface area contributed by atoms with Crippen LogP contribution in [0.1, 0.15) is 13.8 Å². The third-order valence-electron chi connectivity index (χ3n) is 1.76. The number of anilines is 1. The van der Waals surface area contributed by atoms with Crippen LogP contribution in [0.2, 0.25) is 0 Å². The number of nitro benzene ring substituents is 1. The minimum Gasteiger partial charge on any atom is -0.491 e. The van der Waals surface area contributed by atoms with Crippen LogP contribution in [-0.4, -0.2) is 18.1 Å². The van der Waals surface area contributed by atoms with Crippen molar-refractivity contribution in [3.63, 3.8) is 0 Å². The molecule has 0 aliphatic carbocycles. The number of nitro groups is 1. The Kier molecular flexibility index (Phi) is 3.49. The molecule has 0 aromatic heterocycles. The highest BCUT2D eigenvalue weighted by Gasteiger charge is 2.10. The minimum atomic E-state index is -0.436. The van der Waals surface area contributed by atoms with Crippen LogP contribution in [0.5, 0.6) is 5.75 Å². The highest BCUT2D eigenvalue weighted by Crippen LogP contribution is 2.26. The molecule has 0 spiro atoms. The lowest BCUT2D eigenvalue weighted by atomic mass is 10.2. The number of benzene rings is 1. The zero-order chi connectivity index (χ0) is 11.4. The van der Waals surface area contributed by atoms with Crippen molar-refractivity contribution in [2.45, 2.75) is 20.0 Å². The molecule has 15 heavy (non-hydrogen) atoms. The lowest BCUT2D eigenvalue weighted by Crippen LogP contribution is -2.06. The number of ether oxygens (including phenoxy) is 1. The van der Waals surface area contributed by atoms with E-state index in [2.05, 4.69) is 5.32 Å². The summed E-state index contributed by atoms with van der Waals surface area (Å²) in [6, 6.07) is 4.61. The van der Waals surface area contributed by atoms with Crippen molar-refractivity contribution in [2.75, 3.05) is 12.4 Å². The maximum Gasteiger partial charge on any atom is 0.275 e. The molecule has 0 amide bonds. The van der Waals surface area contributed by atoms with Crippen LogP contribution in [-0.2, 0) is 0 Å². The first kappa shape index (κ1) is 11.3. The zero-order valence-electron chi connectivity index (χ0n) is 8.98. The third kappa shape index (κ3) is 3.12. The van der Waals surface area contributed by atoms with Gasteiger partial charge < -0.3 is 10.1 Å². The molecule has 0 unspecified atom stereocenters. The SMILES string of the molecule is CNc1cc(OC(C)C)cc([N+](=O)[O-])c1. The monoisotopic (exact) mass is 210 g/mol. The van der Waals surface area contributed by atoms with Gasteiger partial charge in [0.1, 0.15) is 5.75 Å². The fraction of sp³-hybridized carbons (Fsp3) is 0.400. The number of hydrogen-bond acceptors (Lipinski definition) is 4. The fourth-order valence-electron chi connectivity index (χ4n) is 1.17. The van der Waals surface area contributed by atoms with E-state index in [4.69, 9.17) is 4.74 Å². The van der Waals surface area contributed by atoms with Gasteiger partial charge in [-0.15, -0.1) is 0 Å². The zero-order valence-corrected chi connectivity index (χ0v) is 8.98. The molecule has 82 valence electrons. The fourth-order valence-corrected chi connectivity index (χ4v) is 1.17. The van der Waals surface area contributed by atoms with Crippen LogP contribution in [0, 0.1) is 10.1 Å². The Morgan fingerprint density at radius 1 is 1.40 bits per heavy atom. The average Bonchev–Trinajstić information content (AvgIpc) is 2.16. The van der Waals surface area contributed by atoms with Gasteiger partial charge in [-0.2, -0.15) is 0 Å². The van der Waals surface area contributed by atoms with Gasteiger partial charge in [-0.1, -0.05) is 0 Å². The molecule has 1 rings (SSSR count). The molecule has 5 heteroatoms.